The lowest BCUT2D eigenvalue weighted by Gasteiger charge is -2.10. The highest BCUT2D eigenvalue weighted by Crippen LogP contribution is 2.03. The van der Waals surface area contributed by atoms with Crippen LogP contribution in [0.4, 0.5) is 5.82 Å². The second-order valence-corrected chi connectivity index (χ2v) is 1.94. The van der Waals surface area contributed by atoms with Gasteiger partial charge in [0.05, 0.1) is 0 Å². The van der Waals surface area contributed by atoms with Gasteiger partial charge in [0.1, 0.15) is 5.82 Å². The van der Waals surface area contributed by atoms with E-state index in [9.17, 15) is 0 Å². The Hall–Kier alpha value is -1.55. The topological polar surface area (TPSA) is 68.2 Å². The van der Waals surface area contributed by atoms with Gasteiger partial charge in [0.2, 0.25) is 0 Å². The molecule has 58 valence electrons. The number of rotatable bonds is 2. The maximum absolute atomic E-state index is 5.51. The molecule has 0 saturated heterocycles. The highest BCUT2D eigenvalue weighted by molar-refractivity contribution is 5.38. The summed E-state index contributed by atoms with van der Waals surface area (Å²) in [6.45, 7) is 0. The van der Waals surface area contributed by atoms with Gasteiger partial charge in [-0.2, -0.15) is 0 Å². The number of anilines is 1. The first-order chi connectivity index (χ1) is 5.34. The molecule has 1 rings (SSSR count). The summed E-state index contributed by atoms with van der Waals surface area (Å²) >= 11 is 0. The summed E-state index contributed by atoms with van der Waals surface area (Å²) < 4.78 is 0. The first kappa shape index (κ1) is 7.56. The predicted molar refractivity (Wildman–Crippen MR) is 44.2 cm³/mol. The molecule has 0 spiro atoms. The quantitative estimate of drug-likeness (QED) is 0.466. The van der Waals surface area contributed by atoms with Gasteiger partial charge in [0.15, 0.2) is 0 Å². The molecule has 4 N–H and O–H groups in total. The van der Waals surface area contributed by atoms with Gasteiger partial charge in [-0.3, -0.25) is 5.01 Å². The molecule has 4 heteroatoms. The summed E-state index contributed by atoms with van der Waals surface area (Å²) in [4.78, 5) is 3.99. The summed E-state index contributed by atoms with van der Waals surface area (Å²) in [6.07, 6.45) is 4.55. The molecule has 1 aromatic rings. The number of nitrogens with zero attached hydrogens (tertiary/aromatic N) is 2. The Kier molecular flexibility index (Phi) is 2.46. The van der Waals surface area contributed by atoms with Gasteiger partial charge in [0.25, 0.3) is 0 Å². The molecule has 0 unspecified atom stereocenters. The second kappa shape index (κ2) is 3.58. The first-order valence-corrected chi connectivity index (χ1v) is 3.18. The van der Waals surface area contributed by atoms with Crippen LogP contribution < -0.4 is 16.6 Å². The van der Waals surface area contributed by atoms with E-state index in [1.54, 1.807) is 12.3 Å². The van der Waals surface area contributed by atoms with Gasteiger partial charge >= 0.3 is 0 Å². The van der Waals surface area contributed by atoms with Crippen LogP contribution in [0.3, 0.4) is 0 Å². The third-order valence-corrected chi connectivity index (χ3v) is 1.16. The summed E-state index contributed by atoms with van der Waals surface area (Å²) in [6, 6.07) is 5.47. The monoisotopic (exact) mass is 150 g/mol. The molecule has 0 saturated carbocycles. The minimum absolute atomic E-state index is 0.661. The molecule has 0 bridgehead atoms. The molecule has 0 atom stereocenters. The Morgan fingerprint density at radius 1 is 1.45 bits per heavy atom. The van der Waals surface area contributed by atoms with Gasteiger partial charge in [-0.1, -0.05) is 6.07 Å². The van der Waals surface area contributed by atoms with Crippen molar-refractivity contribution in [3.05, 3.63) is 36.8 Å². The number of aromatic nitrogens is 1. The van der Waals surface area contributed by atoms with Gasteiger partial charge in [-0.15, -0.1) is 0 Å². The number of hydrogen-bond acceptors (Lipinski definition) is 4. The largest absolute Gasteiger partial charge is 0.403 e. The van der Waals surface area contributed by atoms with Crippen molar-refractivity contribution < 1.29 is 0 Å². The zero-order chi connectivity index (χ0) is 8.10. The molecular weight excluding hydrogens is 140 g/mol. The van der Waals surface area contributed by atoms with Crippen molar-refractivity contribution in [2.45, 2.75) is 0 Å². The lowest BCUT2D eigenvalue weighted by Crippen LogP contribution is -2.25. The van der Waals surface area contributed by atoms with Crippen LogP contribution in [0.25, 0.3) is 0 Å². The van der Waals surface area contributed by atoms with Crippen molar-refractivity contribution in [1.82, 2.24) is 4.98 Å². The fourth-order valence-electron chi connectivity index (χ4n) is 0.676. The van der Waals surface area contributed by atoms with Gasteiger partial charge < -0.3 is 5.73 Å². The van der Waals surface area contributed by atoms with Crippen LogP contribution in [0, 0.1) is 0 Å². The third-order valence-electron chi connectivity index (χ3n) is 1.16. The van der Waals surface area contributed by atoms with Crippen molar-refractivity contribution in [2.24, 2.45) is 11.6 Å². The molecule has 0 radical (unpaired) electrons. The molecule has 1 aromatic heterocycles. The molecule has 0 aliphatic heterocycles. The standard InChI is InChI=1S/C7H10N4/c8-4-6-11(9)7-3-1-2-5-10-7/h1-6H,8-9H2/b6-4-. The highest BCUT2D eigenvalue weighted by atomic mass is 15.4. The Morgan fingerprint density at radius 2 is 2.27 bits per heavy atom. The fourth-order valence-corrected chi connectivity index (χ4v) is 0.676. The van der Waals surface area contributed by atoms with E-state index in [-0.39, 0.29) is 0 Å². The minimum Gasteiger partial charge on any atom is -0.403 e. The molecule has 1 heterocycles. The maximum atomic E-state index is 5.51. The van der Waals surface area contributed by atoms with E-state index < -0.39 is 0 Å². The van der Waals surface area contributed by atoms with E-state index in [1.807, 2.05) is 12.1 Å². The van der Waals surface area contributed by atoms with Crippen LogP contribution in [-0.2, 0) is 0 Å². The second-order valence-electron chi connectivity index (χ2n) is 1.94. The number of nitrogens with two attached hydrogens (primary N) is 2. The van der Waals surface area contributed by atoms with Gasteiger partial charge in [-0.25, -0.2) is 10.8 Å². The predicted octanol–water partition coefficient (Wildman–Crippen LogP) is 0.192. The minimum atomic E-state index is 0.661. The van der Waals surface area contributed by atoms with Crippen molar-refractivity contribution in [2.75, 3.05) is 5.01 Å². The number of hydrazine groups is 1. The molecular formula is C7H10N4. The molecule has 0 aliphatic rings. The molecule has 11 heavy (non-hydrogen) atoms. The normalized spacial score (nSPS) is 10.3. The van der Waals surface area contributed by atoms with Crippen molar-refractivity contribution in [3.8, 4) is 0 Å². The first-order valence-electron chi connectivity index (χ1n) is 3.18. The number of hydrogen-bond donors (Lipinski definition) is 2. The van der Waals surface area contributed by atoms with Gasteiger partial charge in [-0.05, 0) is 12.1 Å². The van der Waals surface area contributed by atoms with E-state index in [4.69, 9.17) is 11.6 Å². The Labute approximate surface area is 65.1 Å². The van der Waals surface area contributed by atoms with Crippen molar-refractivity contribution in [1.29, 1.82) is 0 Å². The van der Waals surface area contributed by atoms with E-state index in [2.05, 4.69) is 4.98 Å². The van der Waals surface area contributed by atoms with Crippen LogP contribution in [0.5, 0.6) is 0 Å². The zero-order valence-corrected chi connectivity index (χ0v) is 6.01. The molecule has 0 aromatic carbocycles. The van der Waals surface area contributed by atoms with E-state index >= 15 is 0 Å². The van der Waals surface area contributed by atoms with Gasteiger partial charge in [0, 0.05) is 18.6 Å². The Balaban J connectivity index is 2.76. The highest BCUT2D eigenvalue weighted by Gasteiger charge is 1.94. The summed E-state index contributed by atoms with van der Waals surface area (Å²) in [5, 5.41) is 1.35. The fraction of sp³-hybridized carbons (Fsp3) is 0. The maximum Gasteiger partial charge on any atom is 0.146 e. The number of pyridine rings is 1. The SMILES string of the molecule is N/C=C\N(N)c1ccccn1. The third kappa shape index (κ3) is 1.94. The average Bonchev–Trinajstić information content (AvgIpc) is 2.07. The Morgan fingerprint density at radius 3 is 2.82 bits per heavy atom. The summed E-state index contributed by atoms with van der Waals surface area (Å²) in [5.74, 6) is 6.17. The van der Waals surface area contributed by atoms with E-state index in [0.717, 1.165) is 0 Å². The Bertz CT molecular complexity index is 231. The molecule has 0 aliphatic carbocycles. The van der Waals surface area contributed by atoms with Crippen LogP contribution in [0.15, 0.2) is 36.8 Å². The van der Waals surface area contributed by atoms with E-state index in [0.29, 0.717) is 5.82 Å². The molecule has 0 fully saturated rings. The summed E-state index contributed by atoms with van der Waals surface area (Å²) in [7, 11) is 0. The molecule has 4 nitrogen and oxygen atoms in total. The van der Waals surface area contributed by atoms with Crippen molar-refractivity contribution in [3.63, 3.8) is 0 Å². The zero-order valence-electron chi connectivity index (χ0n) is 6.01. The van der Waals surface area contributed by atoms with Crippen LogP contribution in [0.2, 0.25) is 0 Å². The van der Waals surface area contributed by atoms with E-state index in [1.165, 1.54) is 17.4 Å². The summed E-state index contributed by atoms with van der Waals surface area (Å²) in [5.41, 5.74) is 5.14. The lowest BCUT2D eigenvalue weighted by molar-refractivity contribution is 1.02. The van der Waals surface area contributed by atoms with Crippen LogP contribution in [-0.4, -0.2) is 4.98 Å². The van der Waals surface area contributed by atoms with Crippen LogP contribution >= 0.6 is 0 Å². The van der Waals surface area contributed by atoms with Crippen LogP contribution in [0.1, 0.15) is 0 Å². The van der Waals surface area contributed by atoms with Crippen molar-refractivity contribution >= 4 is 5.82 Å². The average molecular weight is 150 g/mol. The smallest absolute Gasteiger partial charge is 0.146 e. The molecule has 0 amide bonds. The lowest BCUT2D eigenvalue weighted by atomic mass is 10.4.